The topological polar surface area (TPSA) is 64.0 Å². The van der Waals surface area contributed by atoms with E-state index in [1.807, 2.05) is 36.7 Å². The highest BCUT2D eigenvalue weighted by molar-refractivity contribution is 7.89. The molecule has 0 aliphatic rings. The summed E-state index contributed by atoms with van der Waals surface area (Å²) in [6.07, 6.45) is 0. The van der Waals surface area contributed by atoms with E-state index >= 15 is 0 Å². The Balaban J connectivity index is 1.76. The maximum absolute atomic E-state index is 13.7. The van der Waals surface area contributed by atoms with Crippen LogP contribution in [0.2, 0.25) is 0 Å². The SMILES string of the molecule is Cc1cc(C)n(Cc2cccc(CNS(=O)(=O)c3c(F)cccc3F)c2)n1. The van der Waals surface area contributed by atoms with Crippen LogP contribution in [0, 0.1) is 25.5 Å². The fourth-order valence-electron chi connectivity index (χ4n) is 2.84. The zero-order valence-corrected chi connectivity index (χ0v) is 15.7. The quantitative estimate of drug-likeness (QED) is 0.701. The maximum atomic E-state index is 13.7. The molecule has 0 saturated carbocycles. The van der Waals surface area contributed by atoms with Gasteiger partial charge in [0.05, 0.1) is 12.2 Å². The minimum atomic E-state index is -4.31. The third kappa shape index (κ3) is 4.40. The molecule has 0 unspecified atom stereocenters. The van der Waals surface area contributed by atoms with Gasteiger partial charge in [-0.1, -0.05) is 30.3 Å². The van der Waals surface area contributed by atoms with Crippen LogP contribution in [0.1, 0.15) is 22.5 Å². The van der Waals surface area contributed by atoms with Gasteiger partial charge in [0.2, 0.25) is 10.0 Å². The van der Waals surface area contributed by atoms with E-state index < -0.39 is 26.6 Å². The molecule has 1 heterocycles. The van der Waals surface area contributed by atoms with Gasteiger partial charge >= 0.3 is 0 Å². The van der Waals surface area contributed by atoms with Gasteiger partial charge in [-0.3, -0.25) is 4.68 Å². The Morgan fingerprint density at radius 2 is 1.63 bits per heavy atom. The van der Waals surface area contributed by atoms with E-state index in [9.17, 15) is 17.2 Å². The van der Waals surface area contributed by atoms with Crippen molar-refractivity contribution in [3.05, 3.63) is 82.7 Å². The molecule has 0 atom stereocenters. The van der Waals surface area contributed by atoms with Crippen molar-refractivity contribution in [3.63, 3.8) is 0 Å². The van der Waals surface area contributed by atoms with E-state index in [0.717, 1.165) is 35.2 Å². The fraction of sp³-hybridized carbons (Fsp3) is 0.211. The molecular formula is C19H19F2N3O2S. The summed E-state index contributed by atoms with van der Waals surface area (Å²) in [6.45, 7) is 4.33. The number of nitrogens with one attached hydrogen (secondary N) is 1. The number of aromatic nitrogens is 2. The fourth-order valence-corrected chi connectivity index (χ4v) is 3.99. The van der Waals surface area contributed by atoms with Crippen molar-refractivity contribution in [2.45, 2.75) is 31.8 Å². The summed E-state index contributed by atoms with van der Waals surface area (Å²) in [4.78, 5) is -0.969. The predicted molar refractivity (Wildman–Crippen MR) is 97.6 cm³/mol. The van der Waals surface area contributed by atoms with Crippen LogP contribution >= 0.6 is 0 Å². The minimum Gasteiger partial charge on any atom is -0.265 e. The predicted octanol–water partition coefficient (Wildman–Crippen LogP) is 3.30. The molecule has 0 bridgehead atoms. The van der Waals surface area contributed by atoms with Crippen molar-refractivity contribution in [1.29, 1.82) is 0 Å². The van der Waals surface area contributed by atoms with Gasteiger partial charge in [-0.05, 0) is 43.2 Å². The average molecular weight is 391 g/mol. The van der Waals surface area contributed by atoms with Crippen molar-refractivity contribution in [3.8, 4) is 0 Å². The molecule has 3 rings (SSSR count). The molecule has 0 aliphatic carbocycles. The highest BCUT2D eigenvalue weighted by Crippen LogP contribution is 2.18. The lowest BCUT2D eigenvalue weighted by molar-refractivity contribution is 0.514. The number of nitrogens with zero attached hydrogens (tertiary/aromatic N) is 2. The van der Waals surface area contributed by atoms with Crippen molar-refractivity contribution in [1.82, 2.24) is 14.5 Å². The number of benzene rings is 2. The van der Waals surface area contributed by atoms with E-state index in [1.54, 1.807) is 12.1 Å². The summed E-state index contributed by atoms with van der Waals surface area (Å²) >= 11 is 0. The lowest BCUT2D eigenvalue weighted by Crippen LogP contribution is -2.25. The molecule has 0 spiro atoms. The zero-order chi connectivity index (χ0) is 19.6. The highest BCUT2D eigenvalue weighted by atomic mass is 32.2. The Morgan fingerprint density at radius 3 is 2.26 bits per heavy atom. The third-order valence-corrected chi connectivity index (χ3v) is 5.53. The second-order valence-corrected chi connectivity index (χ2v) is 7.98. The van der Waals surface area contributed by atoms with Crippen LogP contribution in [0.25, 0.3) is 0 Å². The molecule has 0 amide bonds. The summed E-state index contributed by atoms with van der Waals surface area (Å²) in [7, 11) is -4.31. The van der Waals surface area contributed by atoms with Gasteiger partial charge in [-0.25, -0.2) is 21.9 Å². The van der Waals surface area contributed by atoms with Gasteiger partial charge in [0, 0.05) is 12.2 Å². The largest absolute Gasteiger partial charge is 0.265 e. The van der Waals surface area contributed by atoms with Crippen LogP contribution in [0.3, 0.4) is 0 Å². The number of halogens is 2. The molecule has 1 N–H and O–H groups in total. The first-order chi connectivity index (χ1) is 12.8. The van der Waals surface area contributed by atoms with Gasteiger partial charge in [0.15, 0.2) is 4.90 Å². The Kier molecular flexibility index (Phi) is 5.38. The lowest BCUT2D eigenvalue weighted by Gasteiger charge is -2.10. The molecule has 0 saturated heterocycles. The number of aryl methyl sites for hydroxylation is 2. The second kappa shape index (κ2) is 7.58. The Labute approximate surface area is 156 Å². The molecule has 0 radical (unpaired) electrons. The normalized spacial score (nSPS) is 11.7. The molecule has 8 heteroatoms. The molecule has 142 valence electrons. The van der Waals surface area contributed by atoms with Crippen LogP contribution in [-0.2, 0) is 23.1 Å². The first-order valence-corrected chi connectivity index (χ1v) is 9.77. The molecule has 0 aliphatic heterocycles. The lowest BCUT2D eigenvalue weighted by atomic mass is 10.1. The maximum Gasteiger partial charge on any atom is 0.246 e. The minimum absolute atomic E-state index is 0.0823. The van der Waals surface area contributed by atoms with Crippen LogP contribution in [0.4, 0.5) is 8.78 Å². The summed E-state index contributed by atoms with van der Waals surface area (Å²) in [6, 6.07) is 12.2. The van der Waals surface area contributed by atoms with E-state index in [1.165, 1.54) is 0 Å². The van der Waals surface area contributed by atoms with E-state index in [-0.39, 0.29) is 6.54 Å². The van der Waals surface area contributed by atoms with E-state index in [2.05, 4.69) is 9.82 Å². The Bertz CT molecular complexity index is 1060. The Hall–Kier alpha value is -2.58. The first kappa shape index (κ1) is 19.2. The monoisotopic (exact) mass is 391 g/mol. The van der Waals surface area contributed by atoms with Gasteiger partial charge in [0.1, 0.15) is 11.6 Å². The van der Waals surface area contributed by atoms with Crippen LogP contribution < -0.4 is 4.72 Å². The van der Waals surface area contributed by atoms with Gasteiger partial charge < -0.3 is 0 Å². The summed E-state index contributed by atoms with van der Waals surface area (Å²) in [5.74, 6) is -2.25. The number of sulfonamides is 1. The Morgan fingerprint density at radius 1 is 1.00 bits per heavy atom. The number of hydrogen-bond donors (Lipinski definition) is 1. The molecular weight excluding hydrogens is 372 g/mol. The highest BCUT2D eigenvalue weighted by Gasteiger charge is 2.23. The zero-order valence-electron chi connectivity index (χ0n) is 14.9. The van der Waals surface area contributed by atoms with Crippen molar-refractivity contribution in [2.75, 3.05) is 0 Å². The van der Waals surface area contributed by atoms with Crippen molar-refractivity contribution >= 4 is 10.0 Å². The van der Waals surface area contributed by atoms with Crippen molar-refractivity contribution < 1.29 is 17.2 Å². The standard InChI is InChI=1S/C19H19F2N3O2S/c1-13-9-14(2)24(23-13)12-16-6-3-5-15(10-16)11-22-27(25,26)19-17(20)7-4-8-18(19)21/h3-10,22H,11-12H2,1-2H3. The smallest absolute Gasteiger partial charge is 0.246 e. The van der Waals surface area contributed by atoms with Gasteiger partial charge in [0.25, 0.3) is 0 Å². The molecule has 2 aromatic carbocycles. The van der Waals surface area contributed by atoms with E-state index in [0.29, 0.717) is 12.1 Å². The molecule has 0 fully saturated rings. The summed E-state index contributed by atoms with van der Waals surface area (Å²) in [5, 5.41) is 4.40. The molecule has 27 heavy (non-hydrogen) atoms. The third-order valence-electron chi connectivity index (χ3n) is 4.08. The van der Waals surface area contributed by atoms with Gasteiger partial charge in [-0.2, -0.15) is 5.10 Å². The van der Waals surface area contributed by atoms with Crippen LogP contribution in [0.15, 0.2) is 53.4 Å². The molecule has 5 nitrogen and oxygen atoms in total. The number of hydrogen-bond acceptors (Lipinski definition) is 3. The van der Waals surface area contributed by atoms with E-state index in [4.69, 9.17) is 0 Å². The van der Waals surface area contributed by atoms with Crippen LogP contribution in [0.5, 0.6) is 0 Å². The number of rotatable bonds is 6. The average Bonchev–Trinajstić information content (AvgIpc) is 2.90. The molecule has 3 aromatic rings. The summed E-state index contributed by atoms with van der Waals surface area (Å²) < 4.78 is 56.1. The molecule has 1 aromatic heterocycles. The van der Waals surface area contributed by atoms with Crippen LogP contribution in [-0.4, -0.2) is 18.2 Å². The summed E-state index contributed by atoms with van der Waals surface area (Å²) in [5.41, 5.74) is 3.56. The van der Waals surface area contributed by atoms with Crippen molar-refractivity contribution in [2.24, 2.45) is 0 Å². The first-order valence-electron chi connectivity index (χ1n) is 8.29. The van der Waals surface area contributed by atoms with Gasteiger partial charge in [-0.15, -0.1) is 0 Å². The second-order valence-electron chi connectivity index (χ2n) is 6.28.